The van der Waals surface area contributed by atoms with Crippen LogP contribution in [-0.2, 0) is 4.79 Å². The summed E-state index contributed by atoms with van der Waals surface area (Å²) in [6.07, 6.45) is 7.41. The molecule has 2 aromatic carbocycles. The summed E-state index contributed by atoms with van der Waals surface area (Å²) in [7, 11) is 0. The Morgan fingerprint density at radius 3 is 2.56 bits per heavy atom. The molecule has 7 heteroatoms. The van der Waals surface area contributed by atoms with Crippen LogP contribution in [0.1, 0.15) is 43.2 Å². The second kappa shape index (κ2) is 10.7. The van der Waals surface area contributed by atoms with Crippen molar-refractivity contribution < 1.29 is 14.3 Å². The number of ether oxygens (including phenoxy) is 2. The minimum atomic E-state index is -0.0134. The van der Waals surface area contributed by atoms with Gasteiger partial charge in [0.25, 0.3) is 5.91 Å². The van der Waals surface area contributed by atoms with E-state index >= 15 is 0 Å². The molecule has 4 nitrogen and oxygen atoms in total. The molecule has 1 aliphatic heterocycles. The van der Waals surface area contributed by atoms with Gasteiger partial charge in [-0.25, -0.2) is 0 Å². The lowest BCUT2D eigenvalue weighted by atomic mass is 9.94. The van der Waals surface area contributed by atoms with E-state index in [-0.39, 0.29) is 11.9 Å². The summed E-state index contributed by atoms with van der Waals surface area (Å²) in [6, 6.07) is 13.5. The highest BCUT2D eigenvalue weighted by molar-refractivity contribution is 8.26. The number of carbonyl (C=O) groups is 1. The SMILES string of the molecule is Cc1ccc(OCCOc2ccc(Cl)cc2/C=C2/SC(=S)N(C3CCCCC3)C2=O)cc1. The quantitative estimate of drug-likeness (QED) is 0.248. The topological polar surface area (TPSA) is 38.8 Å². The molecule has 0 bridgehead atoms. The monoisotopic (exact) mass is 487 g/mol. The molecule has 1 saturated heterocycles. The second-order valence-electron chi connectivity index (χ2n) is 8.04. The molecule has 0 N–H and O–H groups in total. The van der Waals surface area contributed by atoms with E-state index < -0.39 is 0 Å². The number of thioether (sulfide) groups is 1. The molecule has 1 amide bonds. The van der Waals surface area contributed by atoms with Gasteiger partial charge in [-0.15, -0.1) is 0 Å². The Hall–Kier alpha value is -2.02. The lowest BCUT2D eigenvalue weighted by Crippen LogP contribution is -2.39. The van der Waals surface area contributed by atoms with Crippen LogP contribution in [-0.4, -0.2) is 34.4 Å². The molecule has 0 spiro atoms. The third-order valence-corrected chi connectivity index (χ3v) is 7.22. The van der Waals surface area contributed by atoms with Crippen LogP contribution in [0.3, 0.4) is 0 Å². The molecule has 32 heavy (non-hydrogen) atoms. The molecule has 1 heterocycles. The zero-order valence-corrected chi connectivity index (χ0v) is 20.4. The number of rotatable bonds is 7. The highest BCUT2D eigenvalue weighted by Gasteiger charge is 2.37. The van der Waals surface area contributed by atoms with Gasteiger partial charge in [-0.3, -0.25) is 9.69 Å². The Kier molecular flexibility index (Phi) is 7.76. The van der Waals surface area contributed by atoms with Crippen LogP contribution in [0.2, 0.25) is 5.02 Å². The molecule has 0 radical (unpaired) electrons. The maximum atomic E-state index is 13.1. The maximum absolute atomic E-state index is 13.1. The van der Waals surface area contributed by atoms with Gasteiger partial charge in [0.05, 0.1) is 4.91 Å². The number of aryl methyl sites for hydroxylation is 1. The number of carbonyl (C=O) groups excluding carboxylic acids is 1. The number of halogens is 1. The lowest BCUT2D eigenvalue weighted by Gasteiger charge is -2.29. The first-order valence-corrected chi connectivity index (χ1v) is 12.5. The third kappa shape index (κ3) is 5.66. The predicted molar refractivity (Wildman–Crippen MR) is 136 cm³/mol. The first-order chi connectivity index (χ1) is 15.5. The second-order valence-corrected chi connectivity index (χ2v) is 10.1. The number of amides is 1. The first-order valence-electron chi connectivity index (χ1n) is 10.9. The van der Waals surface area contributed by atoms with Crippen LogP contribution < -0.4 is 9.47 Å². The molecule has 0 unspecified atom stereocenters. The van der Waals surface area contributed by atoms with E-state index in [1.54, 1.807) is 6.07 Å². The van der Waals surface area contributed by atoms with E-state index in [0.29, 0.717) is 33.2 Å². The van der Waals surface area contributed by atoms with Crippen LogP contribution in [0.15, 0.2) is 47.4 Å². The summed E-state index contributed by atoms with van der Waals surface area (Å²) >= 11 is 13.1. The zero-order chi connectivity index (χ0) is 22.5. The van der Waals surface area contributed by atoms with Gasteiger partial charge in [-0.1, -0.05) is 72.5 Å². The molecule has 0 atom stereocenters. The van der Waals surface area contributed by atoms with Crippen molar-refractivity contribution in [1.29, 1.82) is 0 Å². The van der Waals surface area contributed by atoms with Crippen molar-refractivity contribution >= 4 is 51.9 Å². The summed E-state index contributed by atoms with van der Waals surface area (Å²) in [5, 5.41) is 0.585. The number of benzene rings is 2. The molecule has 1 saturated carbocycles. The highest BCUT2D eigenvalue weighted by Crippen LogP contribution is 2.38. The van der Waals surface area contributed by atoms with Crippen molar-refractivity contribution in [2.45, 2.75) is 45.1 Å². The van der Waals surface area contributed by atoms with Crippen molar-refractivity contribution in [1.82, 2.24) is 4.90 Å². The summed E-state index contributed by atoms with van der Waals surface area (Å²) in [5.74, 6) is 1.45. The molecule has 168 valence electrons. The first kappa shape index (κ1) is 23.1. The van der Waals surface area contributed by atoms with E-state index in [1.807, 2.05) is 54.3 Å². The van der Waals surface area contributed by atoms with Gasteiger partial charge in [0.15, 0.2) is 0 Å². The Balaban J connectivity index is 1.43. The van der Waals surface area contributed by atoms with E-state index in [2.05, 4.69) is 0 Å². The average Bonchev–Trinajstić information content (AvgIpc) is 3.07. The Bertz CT molecular complexity index is 1020. The molecule has 2 aliphatic rings. The Labute approximate surface area is 203 Å². The highest BCUT2D eigenvalue weighted by atomic mass is 35.5. The summed E-state index contributed by atoms with van der Waals surface area (Å²) in [5.41, 5.74) is 1.95. The number of hydrogen-bond donors (Lipinski definition) is 0. The van der Waals surface area contributed by atoms with Crippen molar-refractivity contribution in [3.05, 3.63) is 63.5 Å². The van der Waals surface area contributed by atoms with E-state index in [0.717, 1.165) is 37.0 Å². The van der Waals surface area contributed by atoms with Crippen molar-refractivity contribution in [2.75, 3.05) is 13.2 Å². The van der Waals surface area contributed by atoms with Gasteiger partial charge in [0.2, 0.25) is 0 Å². The van der Waals surface area contributed by atoms with Crippen LogP contribution in [0.5, 0.6) is 11.5 Å². The van der Waals surface area contributed by atoms with Gasteiger partial charge >= 0.3 is 0 Å². The summed E-state index contributed by atoms with van der Waals surface area (Å²) in [4.78, 5) is 15.5. The standard InChI is InChI=1S/C25H26ClNO3S2/c1-17-7-10-21(11-8-17)29-13-14-30-22-12-9-19(26)15-18(22)16-23-24(28)27(25(31)32-23)20-5-3-2-4-6-20/h7-12,15-16,20H,2-6,13-14H2,1H3/b23-16+. The predicted octanol–water partition coefficient (Wildman–Crippen LogP) is 6.64. The molecule has 1 aliphatic carbocycles. The molecular weight excluding hydrogens is 462 g/mol. The van der Waals surface area contributed by atoms with Crippen molar-refractivity contribution in [3.8, 4) is 11.5 Å². The van der Waals surface area contributed by atoms with Crippen LogP contribution in [0.25, 0.3) is 6.08 Å². The largest absolute Gasteiger partial charge is 0.490 e. The minimum Gasteiger partial charge on any atom is -0.490 e. The molecule has 2 fully saturated rings. The zero-order valence-electron chi connectivity index (χ0n) is 18.0. The molecule has 2 aromatic rings. The fourth-order valence-electron chi connectivity index (χ4n) is 3.98. The summed E-state index contributed by atoms with van der Waals surface area (Å²) < 4.78 is 12.3. The van der Waals surface area contributed by atoms with Crippen molar-refractivity contribution in [2.24, 2.45) is 0 Å². The van der Waals surface area contributed by atoms with Gasteiger partial charge in [-0.05, 0) is 56.2 Å². The van der Waals surface area contributed by atoms with Gasteiger partial charge < -0.3 is 9.47 Å². The average molecular weight is 488 g/mol. The third-order valence-electron chi connectivity index (χ3n) is 5.65. The van der Waals surface area contributed by atoms with Gasteiger partial charge in [0, 0.05) is 16.6 Å². The van der Waals surface area contributed by atoms with Gasteiger partial charge in [-0.2, -0.15) is 0 Å². The number of nitrogens with zero attached hydrogens (tertiary/aromatic N) is 1. The normalized spacial score (nSPS) is 18.4. The Morgan fingerprint density at radius 1 is 1.09 bits per heavy atom. The van der Waals surface area contributed by atoms with E-state index in [9.17, 15) is 4.79 Å². The van der Waals surface area contributed by atoms with E-state index in [1.165, 1.54) is 23.7 Å². The van der Waals surface area contributed by atoms with Crippen LogP contribution in [0.4, 0.5) is 0 Å². The Morgan fingerprint density at radius 2 is 1.81 bits per heavy atom. The summed E-state index contributed by atoms with van der Waals surface area (Å²) in [6.45, 7) is 2.83. The smallest absolute Gasteiger partial charge is 0.266 e. The fourth-order valence-corrected chi connectivity index (χ4v) is 5.56. The number of hydrogen-bond acceptors (Lipinski definition) is 5. The lowest BCUT2D eigenvalue weighted by molar-refractivity contribution is -0.124. The molecule has 0 aromatic heterocycles. The molecule has 4 rings (SSSR count). The number of thiocarbonyl (C=S) groups is 1. The van der Waals surface area contributed by atoms with Crippen LogP contribution in [0, 0.1) is 6.92 Å². The van der Waals surface area contributed by atoms with E-state index in [4.69, 9.17) is 33.3 Å². The minimum absolute atomic E-state index is 0.0134. The fraction of sp³-hybridized carbons (Fsp3) is 0.360. The van der Waals surface area contributed by atoms with Gasteiger partial charge in [0.1, 0.15) is 29.0 Å². The van der Waals surface area contributed by atoms with Crippen molar-refractivity contribution in [3.63, 3.8) is 0 Å². The van der Waals surface area contributed by atoms with Crippen LogP contribution >= 0.6 is 35.6 Å². The maximum Gasteiger partial charge on any atom is 0.266 e. The molecular formula is C25H26ClNO3S2.